The molecule has 6 heteroatoms. The van der Waals surface area contributed by atoms with Crippen LogP contribution in [0.4, 0.5) is 13.2 Å². The van der Waals surface area contributed by atoms with Crippen molar-refractivity contribution < 1.29 is 17.9 Å². The summed E-state index contributed by atoms with van der Waals surface area (Å²) in [4.78, 5) is 3.63. The van der Waals surface area contributed by atoms with Gasteiger partial charge in [-0.05, 0) is 30.2 Å². The van der Waals surface area contributed by atoms with Gasteiger partial charge in [-0.25, -0.2) is 4.98 Å². The summed E-state index contributed by atoms with van der Waals surface area (Å²) in [5.41, 5.74) is 0.172. The van der Waals surface area contributed by atoms with Gasteiger partial charge in [-0.15, -0.1) is 0 Å². The van der Waals surface area contributed by atoms with Crippen molar-refractivity contribution in [3.05, 3.63) is 53.7 Å². The van der Waals surface area contributed by atoms with E-state index < -0.39 is 11.7 Å². The maximum atomic E-state index is 12.4. The van der Waals surface area contributed by atoms with Gasteiger partial charge in [0.15, 0.2) is 0 Å². The summed E-state index contributed by atoms with van der Waals surface area (Å²) in [5.74, 6) is 0.566. The van der Waals surface area contributed by atoms with E-state index in [1.165, 1.54) is 6.07 Å². The third-order valence-corrected chi connectivity index (χ3v) is 2.73. The van der Waals surface area contributed by atoms with E-state index in [1.807, 2.05) is 0 Å². The second-order valence-electron chi connectivity index (χ2n) is 4.29. The van der Waals surface area contributed by atoms with Gasteiger partial charge in [0.1, 0.15) is 5.75 Å². The molecule has 0 saturated heterocycles. The van der Waals surface area contributed by atoms with E-state index in [0.29, 0.717) is 18.6 Å². The lowest BCUT2D eigenvalue weighted by atomic mass is 10.1. The highest BCUT2D eigenvalue weighted by Gasteiger charge is 2.30. The zero-order chi connectivity index (χ0) is 15.3. The molecule has 1 aromatic heterocycles. The van der Waals surface area contributed by atoms with Crippen LogP contribution in [-0.4, -0.2) is 4.98 Å². The van der Waals surface area contributed by atoms with Gasteiger partial charge < -0.3 is 4.74 Å². The summed E-state index contributed by atoms with van der Waals surface area (Å²) >= 11 is 0. The fraction of sp³-hybridized carbons (Fsp3) is 0.200. The average Bonchev–Trinajstić information content (AvgIpc) is 2.46. The van der Waals surface area contributed by atoms with E-state index >= 15 is 0 Å². The second kappa shape index (κ2) is 6.27. The van der Waals surface area contributed by atoms with Crippen molar-refractivity contribution in [1.29, 1.82) is 5.26 Å². The van der Waals surface area contributed by atoms with Gasteiger partial charge in [-0.2, -0.15) is 18.4 Å². The number of nitriles is 1. The van der Waals surface area contributed by atoms with Crippen molar-refractivity contribution in [3.8, 4) is 17.7 Å². The number of alkyl halides is 3. The molecular formula is C15H11F3N2O. The third-order valence-electron chi connectivity index (χ3n) is 2.73. The molecule has 2 rings (SSSR count). The van der Waals surface area contributed by atoms with Crippen molar-refractivity contribution in [2.45, 2.75) is 19.0 Å². The van der Waals surface area contributed by atoms with Crippen molar-refractivity contribution in [1.82, 2.24) is 4.98 Å². The monoisotopic (exact) mass is 292 g/mol. The molecule has 0 aliphatic heterocycles. The molecule has 108 valence electrons. The summed E-state index contributed by atoms with van der Waals surface area (Å²) in [5, 5.41) is 8.49. The maximum absolute atomic E-state index is 12.4. The fourth-order valence-electron chi connectivity index (χ4n) is 1.65. The number of rotatable bonds is 4. The summed E-state index contributed by atoms with van der Waals surface area (Å²) in [6, 6.07) is 11.1. The molecule has 1 heterocycles. The van der Waals surface area contributed by atoms with Crippen LogP contribution in [0, 0.1) is 11.3 Å². The predicted octanol–water partition coefficient (Wildman–Crippen LogP) is 4.35. The van der Waals surface area contributed by atoms with Crippen LogP contribution in [0.2, 0.25) is 0 Å². The summed E-state index contributed by atoms with van der Waals surface area (Å²) in [6.45, 7) is 0. The Balaban J connectivity index is 2.03. The molecule has 0 atom stereocenters. The van der Waals surface area contributed by atoms with Crippen molar-refractivity contribution >= 4 is 0 Å². The predicted molar refractivity (Wildman–Crippen MR) is 69.7 cm³/mol. The Morgan fingerprint density at radius 3 is 2.33 bits per heavy atom. The minimum atomic E-state index is -4.41. The van der Waals surface area contributed by atoms with Crippen LogP contribution < -0.4 is 4.74 Å². The minimum absolute atomic E-state index is 0.0905. The molecule has 1 aromatic carbocycles. The molecule has 0 fully saturated rings. The van der Waals surface area contributed by atoms with E-state index in [4.69, 9.17) is 10.00 Å². The smallest absolute Gasteiger partial charge is 0.417 e. The van der Waals surface area contributed by atoms with E-state index in [-0.39, 0.29) is 5.88 Å². The Morgan fingerprint density at radius 2 is 1.81 bits per heavy atom. The molecule has 0 aliphatic carbocycles. The zero-order valence-corrected chi connectivity index (χ0v) is 10.9. The van der Waals surface area contributed by atoms with Crippen molar-refractivity contribution in [2.75, 3.05) is 0 Å². The van der Waals surface area contributed by atoms with Gasteiger partial charge >= 0.3 is 6.18 Å². The first-order valence-electron chi connectivity index (χ1n) is 6.16. The van der Waals surface area contributed by atoms with Crippen LogP contribution in [-0.2, 0) is 12.6 Å². The molecule has 0 aliphatic rings. The van der Waals surface area contributed by atoms with E-state index in [9.17, 15) is 13.2 Å². The molecule has 2 aromatic rings. The first kappa shape index (κ1) is 14.9. The lowest BCUT2D eigenvalue weighted by Gasteiger charge is -2.08. The molecule has 0 amide bonds. The normalized spacial score (nSPS) is 11.0. The van der Waals surface area contributed by atoms with Gasteiger partial charge in [-0.1, -0.05) is 12.1 Å². The molecule has 21 heavy (non-hydrogen) atoms. The second-order valence-corrected chi connectivity index (χ2v) is 4.29. The maximum Gasteiger partial charge on any atom is 0.417 e. The average molecular weight is 292 g/mol. The molecule has 0 bridgehead atoms. The quantitative estimate of drug-likeness (QED) is 0.841. The number of pyridine rings is 1. The van der Waals surface area contributed by atoms with Gasteiger partial charge in [0.05, 0.1) is 11.6 Å². The number of aryl methyl sites for hydroxylation is 1. The van der Waals surface area contributed by atoms with E-state index in [1.54, 1.807) is 24.3 Å². The Labute approximate surface area is 119 Å². The Morgan fingerprint density at radius 1 is 1.10 bits per heavy atom. The molecular weight excluding hydrogens is 281 g/mol. The topological polar surface area (TPSA) is 45.9 Å². The van der Waals surface area contributed by atoms with Gasteiger partial charge in [0.2, 0.25) is 5.88 Å². The highest BCUT2D eigenvalue weighted by atomic mass is 19.4. The first-order chi connectivity index (χ1) is 9.99. The molecule has 0 N–H and O–H groups in total. The summed E-state index contributed by atoms with van der Waals surface area (Å²) in [6.07, 6.45) is -2.60. The van der Waals surface area contributed by atoms with Crippen LogP contribution in [0.15, 0.2) is 42.6 Å². The molecule has 0 unspecified atom stereocenters. The largest absolute Gasteiger partial charge is 0.439 e. The number of nitrogens with zero attached hydrogens (tertiary/aromatic N) is 2. The van der Waals surface area contributed by atoms with Gasteiger partial charge in [0.25, 0.3) is 0 Å². The first-order valence-corrected chi connectivity index (χ1v) is 6.16. The van der Waals surface area contributed by atoms with Crippen LogP contribution in [0.1, 0.15) is 17.5 Å². The number of ether oxygens (including phenoxy) is 1. The van der Waals surface area contributed by atoms with Crippen LogP contribution in [0.5, 0.6) is 11.6 Å². The van der Waals surface area contributed by atoms with Crippen LogP contribution in [0.3, 0.4) is 0 Å². The Bertz CT molecular complexity index is 628. The number of hydrogen-bond donors (Lipinski definition) is 0. The minimum Gasteiger partial charge on any atom is -0.439 e. The number of hydrogen-bond acceptors (Lipinski definition) is 3. The fourth-order valence-corrected chi connectivity index (χ4v) is 1.65. The Hall–Kier alpha value is -2.55. The number of aromatic nitrogens is 1. The van der Waals surface area contributed by atoms with Crippen molar-refractivity contribution in [2.24, 2.45) is 0 Å². The third kappa shape index (κ3) is 4.21. The summed E-state index contributed by atoms with van der Waals surface area (Å²) < 4.78 is 42.5. The van der Waals surface area contributed by atoms with Gasteiger partial charge in [-0.3, -0.25) is 0 Å². The Kier molecular flexibility index (Phi) is 4.43. The number of benzene rings is 1. The molecule has 3 nitrogen and oxygen atoms in total. The molecule has 0 radical (unpaired) electrons. The van der Waals surface area contributed by atoms with Crippen molar-refractivity contribution in [3.63, 3.8) is 0 Å². The zero-order valence-electron chi connectivity index (χ0n) is 10.9. The number of halogens is 3. The highest BCUT2D eigenvalue weighted by molar-refractivity contribution is 5.31. The standard InChI is InChI=1S/C15H11F3N2O/c16-15(17,18)12-5-8-14(20-10-12)21-13-6-3-11(4-7-13)2-1-9-19/h3-8,10H,1-2H2. The lowest BCUT2D eigenvalue weighted by molar-refractivity contribution is -0.137. The van der Waals surface area contributed by atoms with Gasteiger partial charge in [0, 0.05) is 18.7 Å². The van der Waals surface area contributed by atoms with Crippen LogP contribution >= 0.6 is 0 Å². The lowest BCUT2D eigenvalue weighted by Crippen LogP contribution is -2.05. The summed E-state index contributed by atoms with van der Waals surface area (Å²) in [7, 11) is 0. The molecule has 0 saturated carbocycles. The molecule has 0 spiro atoms. The van der Waals surface area contributed by atoms with Crippen LogP contribution in [0.25, 0.3) is 0 Å². The van der Waals surface area contributed by atoms with E-state index in [0.717, 1.165) is 17.8 Å². The van der Waals surface area contributed by atoms with E-state index in [2.05, 4.69) is 11.1 Å². The SMILES string of the molecule is N#CCCc1ccc(Oc2ccc(C(F)(F)F)cn2)cc1. The highest BCUT2D eigenvalue weighted by Crippen LogP contribution is 2.30.